The molecule has 0 heterocycles. The summed E-state index contributed by atoms with van der Waals surface area (Å²) in [5.74, 6) is 0.767. The van der Waals surface area contributed by atoms with Gasteiger partial charge >= 0.3 is 0 Å². The van der Waals surface area contributed by atoms with Crippen molar-refractivity contribution in [3.8, 4) is 0 Å². The lowest BCUT2D eigenvalue weighted by Crippen LogP contribution is -3.00. The Bertz CT molecular complexity index is 969. The molecule has 0 radical (unpaired) electrons. The van der Waals surface area contributed by atoms with Crippen LogP contribution in [0.3, 0.4) is 0 Å². The molecule has 2 N–H and O–H groups in total. The van der Waals surface area contributed by atoms with Crippen molar-refractivity contribution in [2.75, 3.05) is 5.32 Å². The molecular formula is C21H20ClN3O2. The molecule has 0 aliphatic rings. The summed E-state index contributed by atoms with van der Waals surface area (Å²) < 4.78 is 0. The summed E-state index contributed by atoms with van der Waals surface area (Å²) >= 11 is 0. The summed E-state index contributed by atoms with van der Waals surface area (Å²) in [6.45, 7) is 4.06. The van der Waals surface area contributed by atoms with Crippen LogP contribution in [0.25, 0.3) is 0 Å². The first-order chi connectivity index (χ1) is 12.5. The molecule has 0 amide bonds. The number of nitro benzene ring substituents is 1. The van der Waals surface area contributed by atoms with Crippen LogP contribution in [-0.2, 0) is 0 Å². The molecule has 3 aromatic carbocycles. The highest BCUT2D eigenvalue weighted by Crippen LogP contribution is 2.16. The Balaban J connectivity index is 0.00000261. The van der Waals surface area contributed by atoms with Crippen LogP contribution < -0.4 is 22.7 Å². The van der Waals surface area contributed by atoms with Crippen molar-refractivity contribution in [3.05, 3.63) is 99.6 Å². The number of nitrogens with zero attached hydrogens (tertiary/aromatic N) is 1. The average Bonchev–Trinajstić information content (AvgIpc) is 2.64. The molecule has 27 heavy (non-hydrogen) atoms. The maximum absolute atomic E-state index is 10.9. The van der Waals surface area contributed by atoms with Gasteiger partial charge in [-0.2, -0.15) is 0 Å². The lowest BCUT2D eigenvalue weighted by molar-refractivity contribution is -0.384. The van der Waals surface area contributed by atoms with Crippen molar-refractivity contribution >= 4 is 22.9 Å². The molecule has 138 valence electrons. The fourth-order valence-electron chi connectivity index (χ4n) is 2.62. The first-order valence-corrected chi connectivity index (χ1v) is 8.31. The Kier molecular flexibility index (Phi) is 6.68. The van der Waals surface area contributed by atoms with E-state index in [2.05, 4.69) is 10.3 Å². The molecule has 0 atom stereocenters. The maximum Gasteiger partial charge on any atom is 0.285 e. The molecule has 3 rings (SSSR count). The quantitative estimate of drug-likeness (QED) is 0.299. The van der Waals surface area contributed by atoms with Gasteiger partial charge in [0, 0.05) is 12.1 Å². The summed E-state index contributed by atoms with van der Waals surface area (Å²) in [4.78, 5) is 13.9. The second kappa shape index (κ2) is 8.96. The topological polar surface area (TPSA) is 69.1 Å². The predicted octanol–water partition coefficient (Wildman–Crippen LogP) is 0.487. The van der Waals surface area contributed by atoms with Crippen molar-refractivity contribution < 1.29 is 22.3 Å². The third-order valence-corrected chi connectivity index (χ3v) is 4.18. The van der Waals surface area contributed by atoms with Crippen LogP contribution in [0.1, 0.15) is 16.7 Å². The van der Waals surface area contributed by atoms with Gasteiger partial charge in [-0.1, -0.05) is 36.4 Å². The molecule has 0 aromatic heterocycles. The Morgan fingerprint density at radius 1 is 0.889 bits per heavy atom. The first kappa shape index (κ1) is 20.1. The highest BCUT2D eigenvalue weighted by atomic mass is 35.5. The van der Waals surface area contributed by atoms with Crippen molar-refractivity contribution in [3.63, 3.8) is 0 Å². The van der Waals surface area contributed by atoms with Gasteiger partial charge in [-0.3, -0.25) is 10.1 Å². The van der Waals surface area contributed by atoms with E-state index in [-0.39, 0.29) is 18.1 Å². The van der Waals surface area contributed by atoms with Gasteiger partial charge in [0.1, 0.15) is 11.4 Å². The van der Waals surface area contributed by atoms with E-state index < -0.39 is 4.92 Å². The third-order valence-electron chi connectivity index (χ3n) is 4.18. The highest BCUT2D eigenvalue weighted by molar-refractivity contribution is 6.05. The SMILES string of the molecule is Cc1ccccc1NC(=[NH+]c1ccccc1C)c1ccc([N+](=O)[O-])cc1.[Cl-]. The number of anilines is 1. The van der Waals surface area contributed by atoms with Gasteiger partial charge in [0.2, 0.25) is 0 Å². The monoisotopic (exact) mass is 381 g/mol. The van der Waals surface area contributed by atoms with Gasteiger partial charge in [0.05, 0.1) is 10.5 Å². The van der Waals surface area contributed by atoms with Crippen molar-refractivity contribution in [2.24, 2.45) is 0 Å². The van der Waals surface area contributed by atoms with E-state index in [0.29, 0.717) is 0 Å². The fourth-order valence-corrected chi connectivity index (χ4v) is 2.62. The van der Waals surface area contributed by atoms with Gasteiger partial charge in [0.15, 0.2) is 0 Å². The number of hydrogen-bond acceptors (Lipinski definition) is 2. The Morgan fingerprint density at radius 3 is 2.07 bits per heavy atom. The van der Waals surface area contributed by atoms with Crippen LogP contribution in [0, 0.1) is 24.0 Å². The Labute approximate surface area is 164 Å². The fraction of sp³-hybridized carbons (Fsp3) is 0.0952. The van der Waals surface area contributed by atoms with Gasteiger partial charge in [-0.15, -0.1) is 0 Å². The summed E-state index contributed by atoms with van der Waals surface area (Å²) in [5.41, 5.74) is 5.07. The summed E-state index contributed by atoms with van der Waals surface area (Å²) in [7, 11) is 0. The lowest BCUT2D eigenvalue weighted by atomic mass is 10.1. The minimum Gasteiger partial charge on any atom is -1.00 e. The second-order valence-corrected chi connectivity index (χ2v) is 6.06. The molecule has 0 aliphatic heterocycles. The molecule has 6 heteroatoms. The zero-order valence-corrected chi connectivity index (χ0v) is 15.8. The minimum absolute atomic E-state index is 0. The summed E-state index contributed by atoms with van der Waals surface area (Å²) in [5, 5.41) is 14.3. The van der Waals surface area contributed by atoms with E-state index in [4.69, 9.17) is 0 Å². The number of halogens is 1. The number of nitrogens with one attached hydrogen (secondary N) is 2. The van der Waals surface area contributed by atoms with Gasteiger partial charge in [0.25, 0.3) is 11.5 Å². The molecule has 0 bridgehead atoms. The predicted molar refractivity (Wildman–Crippen MR) is 104 cm³/mol. The van der Waals surface area contributed by atoms with Crippen LogP contribution in [0.2, 0.25) is 0 Å². The molecule has 3 aromatic rings. The Morgan fingerprint density at radius 2 is 1.48 bits per heavy atom. The van der Waals surface area contributed by atoms with Crippen LogP contribution in [-0.4, -0.2) is 10.8 Å². The van der Waals surface area contributed by atoms with Crippen LogP contribution >= 0.6 is 0 Å². The third kappa shape index (κ3) is 4.92. The van der Waals surface area contributed by atoms with Gasteiger partial charge in [-0.25, -0.2) is 10.3 Å². The van der Waals surface area contributed by atoms with Crippen LogP contribution in [0.4, 0.5) is 17.1 Å². The first-order valence-electron chi connectivity index (χ1n) is 8.31. The number of benzene rings is 3. The zero-order valence-electron chi connectivity index (χ0n) is 15.1. The maximum atomic E-state index is 10.9. The highest BCUT2D eigenvalue weighted by Gasteiger charge is 2.16. The molecule has 0 fully saturated rings. The Hall–Kier alpha value is -3.18. The van der Waals surface area contributed by atoms with Crippen LogP contribution in [0.5, 0.6) is 0 Å². The molecule has 0 saturated heterocycles. The largest absolute Gasteiger partial charge is 1.00 e. The number of para-hydroxylation sites is 2. The molecule has 0 spiro atoms. The molecule has 0 unspecified atom stereocenters. The molecule has 0 aliphatic carbocycles. The van der Waals surface area contributed by atoms with Gasteiger partial charge in [-0.05, 0) is 49.2 Å². The van der Waals surface area contributed by atoms with E-state index in [1.54, 1.807) is 12.1 Å². The standard InChI is InChI=1S/C21H19N3O2.ClH/c1-15-7-3-5-9-19(15)22-21(23-20-10-6-4-8-16(20)2)17-11-13-18(14-12-17)24(25)26;/h3-14H,1-2H3,(H,22,23);1H. The number of non-ortho nitro benzene ring substituents is 1. The van der Waals surface area contributed by atoms with Crippen molar-refractivity contribution in [2.45, 2.75) is 13.8 Å². The van der Waals surface area contributed by atoms with Crippen molar-refractivity contribution in [1.82, 2.24) is 0 Å². The molecule has 0 saturated carbocycles. The van der Waals surface area contributed by atoms with Crippen molar-refractivity contribution in [1.29, 1.82) is 0 Å². The van der Waals surface area contributed by atoms with E-state index in [9.17, 15) is 10.1 Å². The number of amidine groups is 1. The van der Waals surface area contributed by atoms with E-state index in [1.807, 2.05) is 62.4 Å². The minimum atomic E-state index is -0.396. The van der Waals surface area contributed by atoms with E-state index in [0.717, 1.165) is 33.9 Å². The van der Waals surface area contributed by atoms with Crippen LogP contribution in [0.15, 0.2) is 72.8 Å². The van der Waals surface area contributed by atoms with Gasteiger partial charge < -0.3 is 12.4 Å². The normalized spacial score (nSPS) is 10.8. The van der Waals surface area contributed by atoms with E-state index >= 15 is 0 Å². The lowest BCUT2D eigenvalue weighted by Gasteiger charge is -2.07. The summed E-state index contributed by atoms with van der Waals surface area (Å²) in [6, 6.07) is 22.5. The number of aryl methyl sites for hydroxylation is 2. The number of nitro groups is 1. The number of rotatable bonds is 4. The smallest absolute Gasteiger partial charge is 0.285 e. The molecular weight excluding hydrogens is 362 g/mol. The summed E-state index contributed by atoms with van der Waals surface area (Å²) in [6.07, 6.45) is 0. The molecule has 5 nitrogen and oxygen atoms in total. The second-order valence-electron chi connectivity index (χ2n) is 6.06. The average molecular weight is 382 g/mol. The number of hydrogen-bond donors (Lipinski definition) is 2. The van der Waals surface area contributed by atoms with E-state index in [1.165, 1.54) is 12.1 Å². The zero-order chi connectivity index (χ0) is 18.5.